The average Bonchev–Trinajstić information content (AvgIpc) is 3.41. The summed E-state index contributed by atoms with van der Waals surface area (Å²) in [5.41, 5.74) is 10.2. The summed E-state index contributed by atoms with van der Waals surface area (Å²) in [6.45, 7) is 1.83. The van der Waals surface area contributed by atoms with Gasteiger partial charge in [-0.2, -0.15) is 5.26 Å². The summed E-state index contributed by atoms with van der Waals surface area (Å²) in [5.74, 6) is 1.22. The minimum absolute atomic E-state index is 0.198. The Morgan fingerprint density at radius 3 is 2.68 bits per heavy atom. The van der Waals surface area contributed by atoms with Gasteiger partial charge in [-0.25, -0.2) is 19.5 Å². The molecule has 4 heterocycles. The molecule has 5 aromatic rings. The zero-order chi connectivity index (χ0) is 21.4. The van der Waals surface area contributed by atoms with Crippen LogP contribution in [0.15, 0.2) is 59.5 Å². The van der Waals surface area contributed by atoms with Crippen molar-refractivity contribution in [3.05, 3.63) is 77.8 Å². The highest BCUT2D eigenvalue weighted by atomic mass is 16.3. The smallest absolute Gasteiger partial charge is 0.199 e. The molecular formula is C22H16N8O. The summed E-state index contributed by atoms with van der Waals surface area (Å²) in [5, 5.41) is 14.3. The van der Waals surface area contributed by atoms with Crippen molar-refractivity contribution in [2.45, 2.75) is 13.3 Å². The van der Waals surface area contributed by atoms with Crippen LogP contribution in [0.1, 0.15) is 22.8 Å². The van der Waals surface area contributed by atoms with E-state index in [2.05, 4.69) is 31.1 Å². The molecule has 31 heavy (non-hydrogen) atoms. The lowest BCUT2D eigenvalue weighted by Gasteiger charge is -2.11. The van der Waals surface area contributed by atoms with Crippen LogP contribution in [-0.4, -0.2) is 29.5 Å². The number of nitriles is 1. The molecule has 0 spiro atoms. The number of fused-ring (bicyclic) bond motifs is 1. The van der Waals surface area contributed by atoms with Gasteiger partial charge in [-0.05, 0) is 25.1 Å². The van der Waals surface area contributed by atoms with Gasteiger partial charge in [0.1, 0.15) is 11.4 Å². The lowest BCUT2D eigenvalue weighted by molar-refractivity contribution is 0.567. The van der Waals surface area contributed by atoms with Gasteiger partial charge < -0.3 is 10.2 Å². The Kier molecular flexibility index (Phi) is 4.37. The molecule has 0 saturated heterocycles. The van der Waals surface area contributed by atoms with Crippen LogP contribution >= 0.6 is 0 Å². The molecule has 9 nitrogen and oxygen atoms in total. The van der Waals surface area contributed by atoms with Gasteiger partial charge in [0.15, 0.2) is 29.4 Å². The summed E-state index contributed by atoms with van der Waals surface area (Å²) in [4.78, 5) is 17.7. The molecule has 0 saturated carbocycles. The fraction of sp³-hybridized carbons (Fsp3) is 0.0909. The molecule has 150 valence electrons. The monoisotopic (exact) mass is 408 g/mol. The third-order valence-electron chi connectivity index (χ3n) is 4.88. The molecule has 5 rings (SSSR count). The number of aryl methyl sites for hydroxylation is 1. The molecule has 0 radical (unpaired) electrons. The van der Waals surface area contributed by atoms with Crippen molar-refractivity contribution in [2.75, 3.05) is 5.73 Å². The Bertz CT molecular complexity index is 1450. The van der Waals surface area contributed by atoms with Crippen LogP contribution in [0, 0.1) is 18.3 Å². The highest BCUT2D eigenvalue weighted by Crippen LogP contribution is 2.35. The normalized spacial score (nSPS) is 11.0. The minimum atomic E-state index is 0.198. The van der Waals surface area contributed by atoms with Gasteiger partial charge in [0.05, 0.1) is 23.7 Å². The van der Waals surface area contributed by atoms with Crippen LogP contribution in [0.3, 0.4) is 0 Å². The van der Waals surface area contributed by atoms with E-state index in [0.717, 1.165) is 5.69 Å². The first-order valence-electron chi connectivity index (χ1n) is 9.50. The second-order valence-electron chi connectivity index (χ2n) is 6.88. The van der Waals surface area contributed by atoms with E-state index >= 15 is 0 Å². The molecule has 0 aliphatic heterocycles. The number of nitrogens with two attached hydrogens (primary N) is 1. The van der Waals surface area contributed by atoms with Crippen molar-refractivity contribution in [1.29, 1.82) is 5.26 Å². The van der Waals surface area contributed by atoms with E-state index in [1.165, 1.54) is 6.39 Å². The minimum Gasteiger partial charge on any atom is -0.441 e. The van der Waals surface area contributed by atoms with Crippen LogP contribution < -0.4 is 5.73 Å². The van der Waals surface area contributed by atoms with E-state index in [1.807, 2.05) is 37.3 Å². The lowest BCUT2D eigenvalue weighted by atomic mass is 10.0. The molecule has 4 aromatic heterocycles. The fourth-order valence-electron chi connectivity index (χ4n) is 3.45. The summed E-state index contributed by atoms with van der Waals surface area (Å²) < 4.78 is 7.29. The van der Waals surface area contributed by atoms with E-state index in [1.54, 1.807) is 22.8 Å². The number of hydrogen-bond acceptors (Lipinski definition) is 8. The fourth-order valence-corrected chi connectivity index (χ4v) is 3.45. The second-order valence-corrected chi connectivity index (χ2v) is 6.88. The first-order valence-corrected chi connectivity index (χ1v) is 9.50. The number of hydrogen-bond donors (Lipinski definition) is 1. The van der Waals surface area contributed by atoms with Gasteiger partial charge in [-0.15, -0.1) is 5.10 Å². The molecule has 0 aliphatic carbocycles. The summed E-state index contributed by atoms with van der Waals surface area (Å²) in [6.07, 6.45) is 3.51. The van der Waals surface area contributed by atoms with Crippen molar-refractivity contribution >= 4 is 11.5 Å². The second kappa shape index (κ2) is 7.35. The van der Waals surface area contributed by atoms with E-state index in [4.69, 9.17) is 10.2 Å². The summed E-state index contributed by atoms with van der Waals surface area (Å²) in [7, 11) is 0. The number of nitrogens with zero attached hydrogens (tertiary/aromatic N) is 7. The molecule has 0 fully saturated rings. The van der Waals surface area contributed by atoms with Gasteiger partial charge in [-0.3, -0.25) is 4.98 Å². The maximum Gasteiger partial charge on any atom is 0.199 e. The third kappa shape index (κ3) is 3.16. The predicted octanol–water partition coefficient (Wildman–Crippen LogP) is 3.19. The molecule has 1 aromatic carbocycles. The molecule has 0 amide bonds. The third-order valence-corrected chi connectivity index (χ3v) is 4.88. The zero-order valence-corrected chi connectivity index (χ0v) is 16.5. The number of aromatic nitrogens is 6. The highest BCUT2D eigenvalue weighted by molar-refractivity contribution is 5.83. The Morgan fingerprint density at radius 2 is 1.94 bits per heavy atom. The molecular weight excluding hydrogens is 392 g/mol. The highest BCUT2D eigenvalue weighted by Gasteiger charge is 2.24. The SMILES string of the molecule is Cc1ncoc1-c1c(-c2ccccc2C#N)nc(N)c2nc(Cc3ccccn3)nn12. The summed E-state index contributed by atoms with van der Waals surface area (Å²) >= 11 is 0. The topological polar surface area (TPSA) is 132 Å². The Labute approximate surface area is 176 Å². The number of rotatable bonds is 4. The van der Waals surface area contributed by atoms with Crippen molar-refractivity contribution in [1.82, 2.24) is 29.5 Å². The molecule has 0 atom stereocenters. The zero-order valence-electron chi connectivity index (χ0n) is 16.5. The maximum absolute atomic E-state index is 9.62. The van der Waals surface area contributed by atoms with Crippen molar-refractivity contribution in [3.8, 4) is 28.8 Å². The van der Waals surface area contributed by atoms with Crippen molar-refractivity contribution in [3.63, 3.8) is 0 Å². The van der Waals surface area contributed by atoms with Gasteiger partial charge in [0, 0.05) is 17.5 Å². The number of nitrogen functional groups attached to an aromatic ring is 1. The Balaban J connectivity index is 1.80. The van der Waals surface area contributed by atoms with Gasteiger partial charge in [-0.1, -0.05) is 24.3 Å². The van der Waals surface area contributed by atoms with Gasteiger partial charge >= 0.3 is 0 Å². The summed E-state index contributed by atoms with van der Waals surface area (Å²) in [6, 6.07) is 15.0. The van der Waals surface area contributed by atoms with Gasteiger partial charge in [0.2, 0.25) is 0 Å². The number of oxazole rings is 1. The van der Waals surface area contributed by atoms with Crippen LogP contribution in [0.25, 0.3) is 28.4 Å². The maximum atomic E-state index is 9.62. The number of anilines is 1. The first kappa shape index (κ1) is 18.4. The molecule has 0 bridgehead atoms. The molecule has 0 unspecified atom stereocenters. The van der Waals surface area contributed by atoms with Crippen molar-refractivity contribution < 1.29 is 4.42 Å². The first-order chi connectivity index (χ1) is 15.2. The van der Waals surface area contributed by atoms with E-state index in [-0.39, 0.29) is 5.82 Å². The number of pyridine rings is 1. The Morgan fingerprint density at radius 1 is 1.10 bits per heavy atom. The predicted molar refractivity (Wildman–Crippen MR) is 113 cm³/mol. The van der Waals surface area contributed by atoms with Gasteiger partial charge in [0.25, 0.3) is 0 Å². The molecule has 9 heteroatoms. The molecule has 2 N–H and O–H groups in total. The average molecular weight is 408 g/mol. The standard InChI is InChI=1S/C22H16N8O/c1-13-20(31-12-26-13)19-18(16-8-3-2-6-14(16)11-23)28-21(24)22-27-17(29-30(19)22)10-15-7-4-5-9-25-15/h2-9,12H,10H2,1H3,(H2,24,28). The number of benzene rings is 1. The quantitative estimate of drug-likeness (QED) is 0.479. The Hall–Kier alpha value is -4.58. The van der Waals surface area contributed by atoms with E-state index < -0.39 is 0 Å². The van der Waals surface area contributed by atoms with Crippen molar-refractivity contribution in [2.24, 2.45) is 0 Å². The van der Waals surface area contributed by atoms with Crippen LogP contribution in [0.2, 0.25) is 0 Å². The molecule has 0 aliphatic rings. The largest absolute Gasteiger partial charge is 0.441 e. The van der Waals surface area contributed by atoms with Crippen LogP contribution in [0.5, 0.6) is 0 Å². The van der Waals surface area contributed by atoms with E-state index in [9.17, 15) is 5.26 Å². The van der Waals surface area contributed by atoms with E-state index in [0.29, 0.717) is 51.9 Å². The van der Waals surface area contributed by atoms with Crippen LogP contribution in [0.4, 0.5) is 5.82 Å². The lowest BCUT2D eigenvalue weighted by Crippen LogP contribution is -2.06. The van der Waals surface area contributed by atoms with Crippen LogP contribution in [-0.2, 0) is 6.42 Å².